The van der Waals surface area contributed by atoms with Crippen LogP contribution in [0.1, 0.15) is 19.8 Å². The molecule has 5 heteroatoms. The molecule has 3 nitrogen and oxygen atoms in total. The molecule has 2 unspecified atom stereocenters. The maximum absolute atomic E-state index is 13.4. The smallest absolute Gasteiger partial charge is 0.200 e. The number of hydrogen-bond donors (Lipinski definition) is 1. The first-order valence-electron chi connectivity index (χ1n) is 6.63. The Morgan fingerprint density at radius 1 is 1.32 bits per heavy atom. The highest BCUT2D eigenvalue weighted by Crippen LogP contribution is 2.23. The van der Waals surface area contributed by atoms with E-state index in [2.05, 4.69) is 5.32 Å². The zero-order valence-corrected chi connectivity index (χ0v) is 11.0. The van der Waals surface area contributed by atoms with E-state index in [0.717, 1.165) is 32.0 Å². The van der Waals surface area contributed by atoms with E-state index < -0.39 is 11.6 Å². The molecule has 0 aromatic heterocycles. The molecular formula is C14H19F2NO2. The average molecular weight is 271 g/mol. The van der Waals surface area contributed by atoms with Gasteiger partial charge in [-0.25, -0.2) is 4.39 Å². The summed E-state index contributed by atoms with van der Waals surface area (Å²) in [6.45, 7) is 4.03. The van der Waals surface area contributed by atoms with Crippen molar-refractivity contribution < 1.29 is 18.3 Å². The Morgan fingerprint density at radius 2 is 2.11 bits per heavy atom. The van der Waals surface area contributed by atoms with Gasteiger partial charge in [0.15, 0.2) is 11.6 Å². The summed E-state index contributed by atoms with van der Waals surface area (Å²) in [5, 5.41) is 3.23. The monoisotopic (exact) mass is 271 g/mol. The molecule has 2 rings (SSSR count). The molecule has 0 saturated carbocycles. The summed E-state index contributed by atoms with van der Waals surface area (Å²) in [6, 6.07) is 3.92. The molecule has 1 aliphatic heterocycles. The predicted octanol–water partition coefficient (Wildman–Crippen LogP) is 2.50. The van der Waals surface area contributed by atoms with Crippen molar-refractivity contribution in [2.45, 2.75) is 32.0 Å². The maximum atomic E-state index is 13.4. The van der Waals surface area contributed by atoms with E-state index in [1.807, 2.05) is 6.92 Å². The van der Waals surface area contributed by atoms with Gasteiger partial charge in [0, 0.05) is 6.54 Å². The van der Waals surface area contributed by atoms with E-state index in [4.69, 9.17) is 9.47 Å². The molecule has 0 aliphatic carbocycles. The van der Waals surface area contributed by atoms with Crippen LogP contribution in [0.3, 0.4) is 0 Å². The summed E-state index contributed by atoms with van der Waals surface area (Å²) < 4.78 is 37.4. The molecule has 19 heavy (non-hydrogen) atoms. The SMILES string of the molecule is CCNCC1CCC(COc2cccc(F)c2F)O1. The maximum Gasteiger partial charge on any atom is 0.200 e. The molecule has 0 radical (unpaired) electrons. The van der Waals surface area contributed by atoms with Crippen LogP contribution >= 0.6 is 0 Å². The number of rotatable bonds is 6. The first kappa shape index (κ1) is 14.2. The zero-order valence-electron chi connectivity index (χ0n) is 11.0. The highest BCUT2D eigenvalue weighted by Gasteiger charge is 2.25. The van der Waals surface area contributed by atoms with Crippen LogP contribution in [-0.2, 0) is 4.74 Å². The number of hydrogen-bond acceptors (Lipinski definition) is 3. The normalized spacial score (nSPS) is 22.7. The van der Waals surface area contributed by atoms with Crippen LogP contribution in [0.15, 0.2) is 18.2 Å². The van der Waals surface area contributed by atoms with Gasteiger partial charge < -0.3 is 14.8 Å². The Labute approximate surface area is 111 Å². The van der Waals surface area contributed by atoms with Gasteiger partial charge in [-0.15, -0.1) is 0 Å². The fourth-order valence-electron chi connectivity index (χ4n) is 2.14. The highest BCUT2D eigenvalue weighted by atomic mass is 19.2. The molecule has 1 aromatic carbocycles. The van der Waals surface area contributed by atoms with Crippen molar-refractivity contribution in [1.29, 1.82) is 0 Å². The molecule has 1 saturated heterocycles. The van der Waals surface area contributed by atoms with Crippen molar-refractivity contribution in [3.63, 3.8) is 0 Å². The molecule has 1 fully saturated rings. The molecule has 0 bridgehead atoms. The second-order valence-corrected chi connectivity index (χ2v) is 4.63. The van der Waals surface area contributed by atoms with Gasteiger partial charge in [0.1, 0.15) is 6.61 Å². The molecule has 1 aliphatic rings. The quantitative estimate of drug-likeness (QED) is 0.862. The Bertz CT molecular complexity index is 414. The molecular weight excluding hydrogens is 252 g/mol. The minimum absolute atomic E-state index is 0.0497. The largest absolute Gasteiger partial charge is 0.488 e. The lowest BCUT2D eigenvalue weighted by Gasteiger charge is -2.15. The van der Waals surface area contributed by atoms with Crippen LogP contribution in [0.5, 0.6) is 5.75 Å². The van der Waals surface area contributed by atoms with E-state index in [1.165, 1.54) is 12.1 Å². The fraction of sp³-hybridized carbons (Fsp3) is 0.571. The van der Waals surface area contributed by atoms with E-state index in [9.17, 15) is 8.78 Å². The molecule has 1 heterocycles. The van der Waals surface area contributed by atoms with Crippen molar-refractivity contribution in [3.05, 3.63) is 29.8 Å². The molecule has 1 aromatic rings. The second kappa shape index (κ2) is 6.82. The fourth-order valence-corrected chi connectivity index (χ4v) is 2.14. The lowest BCUT2D eigenvalue weighted by Crippen LogP contribution is -2.28. The van der Waals surface area contributed by atoms with Crippen molar-refractivity contribution in [2.24, 2.45) is 0 Å². The van der Waals surface area contributed by atoms with Gasteiger partial charge in [-0.2, -0.15) is 4.39 Å². The van der Waals surface area contributed by atoms with E-state index >= 15 is 0 Å². The Morgan fingerprint density at radius 3 is 2.89 bits per heavy atom. The minimum Gasteiger partial charge on any atom is -0.488 e. The van der Waals surface area contributed by atoms with Crippen LogP contribution < -0.4 is 10.1 Å². The topological polar surface area (TPSA) is 30.5 Å². The van der Waals surface area contributed by atoms with Crippen LogP contribution in [-0.4, -0.2) is 31.9 Å². The molecule has 1 N–H and O–H groups in total. The molecule has 2 atom stereocenters. The van der Waals surface area contributed by atoms with Gasteiger partial charge in [0.05, 0.1) is 12.2 Å². The number of halogens is 2. The average Bonchev–Trinajstić information content (AvgIpc) is 2.86. The van der Waals surface area contributed by atoms with Crippen LogP contribution in [0.2, 0.25) is 0 Å². The lowest BCUT2D eigenvalue weighted by atomic mass is 10.2. The van der Waals surface area contributed by atoms with Gasteiger partial charge in [-0.05, 0) is 31.5 Å². The summed E-state index contributed by atoms with van der Waals surface area (Å²) in [7, 11) is 0. The predicted molar refractivity (Wildman–Crippen MR) is 68.3 cm³/mol. The molecule has 0 spiro atoms. The first-order valence-corrected chi connectivity index (χ1v) is 6.63. The summed E-state index contributed by atoms with van der Waals surface area (Å²) in [4.78, 5) is 0. The van der Waals surface area contributed by atoms with Gasteiger partial charge >= 0.3 is 0 Å². The summed E-state index contributed by atoms with van der Waals surface area (Å²) in [5.74, 6) is -1.89. The van der Waals surface area contributed by atoms with Crippen molar-refractivity contribution in [3.8, 4) is 5.75 Å². The van der Waals surface area contributed by atoms with Gasteiger partial charge in [-0.3, -0.25) is 0 Å². The number of likely N-dealkylation sites (N-methyl/N-ethyl adjacent to an activating group) is 1. The summed E-state index contributed by atoms with van der Waals surface area (Å²) in [6.07, 6.45) is 1.98. The van der Waals surface area contributed by atoms with E-state index in [1.54, 1.807) is 0 Å². The van der Waals surface area contributed by atoms with Gasteiger partial charge in [0.25, 0.3) is 0 Å². The highest BCUT2D eigenvalue weighted by molar-refractivity contribution is 5.25. The Hall–Kier alpha value is -1.20. The standard InChI is InChI=1S/C14H19F2NO2/c1-2-17-8-10-6-7-11(19-10)9-18-13-5-3-4-12(15)14(13)16/h3-5,10-11,17H,2,6-9H2,1H3. The summed E-state index contributed by atoms with van der Waals surface area (Å²) >= 11 is 0. The number of nitrogens with one attached hydrogen (secondary N) is 1. The summed E-state index contributed by atoms with van der Waals surface area (Å²) in [5.41, 5.74) is 0. The minimum atomic E-state index is -0.940. The number of ether oxygens (including phenoxy) is 2. The van der Waals surface area contributed by atoms with Crippen molar-refractivity contribution in [2.75, 3.05) is 19.7 Å². The Kier molecular flexibility index (Phi) is 5.10. The van der Waals surface area contributed by atoms with Crippen LogP contribution in [0.4, 0.5) is 8.78 Å². The van der Waals surface area contributed by atoms with Crippen LogP contribution in [0.25, 0.3) is 0 Å². The van der Waals surface area contributed by atoms with Crippen molar-refractivity contribution >= 4 is 0 Å². The third-order valence-electron chi connectivity index (χ3n) is 3.16. The van der Waals surface area contributed by atoms with Crippen LogP contribution in [0, 0.1) is 11.6 Å². The van der Waals surface area contributed by atoms with Crippen molar-refractivity contribution in [1.82, 2.24) is 5.32 Å². The third-order valence-corrected chi connectivity index (χ3v) is 3.16. The van der Waals surface area contributed by atoms with Gasteiger partial charge in [-0.1, -0.05) is 13.0 Å². The first-order chi connectivity index (χ1) is 9.20. The lowest BCUT2D eigenvalue weighted by molar-refractivity contribution is 0.0179. The third kappa shape index (κ3) is 3.88. The number of benzene rings is 1. The Balaban J connectivity index is 1.79. The van der Waals surface area contributed by atoms with E-state index in [-0.39, 0.29) is 24.6 Å². The molecule has 0 amide bonds. The van der Waals surface area contributed by atoms with E-state index in [0.29, 0.717) is 0 Å². The van der Waals surface area contributed by atoms with Gasteiger partial charge in [0.2, 0.25) is 5.82 Å². The zero-order chi connectivity index (χ0) is 13.7. The second-order valence-electron chi connectivity index (χ2n) is 4.63. The molecule has 106 valence electrons.